The van der Waals surface area contributed by atoms with Crippen LogP contribution in [0.2, 0.25) is 0 Å². The normalized spacial score (nSPS) is 10.5. The Kier molecular flexibility index (Phi) is 5.94. The second-order valence-corrected chi connectivity index (χ2v) is 7.20. The van der Waals surface area contributed by atoms with Crippen LogP contribution in [-0.4, -0.2) is 25.9 Å². The molecule has 1 N–H and O–H groups in total. The molecule has 2 aromatic heterocycles. The molecule has 0 spiro atoms. The predicted octanol–water partition coefficient (Wildman–Crippen LogP) is 5.50. The largest absolute Gasteiger partial charge is 0.457 e. The molecular weight excluding hydrogens is 430 g/mol. The number of hydrogen-bond donors (Lipinski definition) is 1. The van der Waals surface area contributed by atoms with E-state index in [2.05, 4.69) is 20.6 Å². The van der Waals surface area contributed by atoms with E-state index in [0.29, 0.717) is 34.4 Å². The van der Waals surface area contributed by atoms with Crippen LogP contribution in [0.5, 0.6) is 23.1 Å². The summed E-state index contributed by atoms with van der Waals surface area (Å²) in [4.78, 5) is 12.6. The smallest absolute Gasteiger partial charge is 0.255 e. The van der Waals surface area contributed by atoms with E-state index in [1.54, 1.807) is 77.7 Å². The fraction of sp³-hybridized carbons (Fsp3) is 0. The van der Waals surface area contributed by atoms with Crippen molar-refractivity contribution in [3.63, 3.8) is 0 Å². The minimum atomic E-state index is -0.222. The van der Waals surface area contributed by atoms with Gasteiger partial charge in [0.2, 0.25) is 5.88 Å². The van der Waals surface area contributed by atoms with Crippen molar-refractivity contribution >= 4 is 11.6 Å². The Morgan fingerprint density at radius 3 is 2.09 bits per heavy atom. The Bertz CT molecular complexity index is 1350. The van der Waals surface area contributed by atoms with Gasteiger partial charge in [-0.05, 0) is 72.8 Å². The number of anilines is 1. The van der Waals surface area contributed by atoms with Gasteiger partial charge in [-0.3, -0.25) is 4.79 Å². The zero-order valence-corrected chi connectivity index (χ0v) is 17.9. The van der Waals surface area contributed by atoms with E-state index in [9.17, 15) is 4.79 Å². The number of carbonyl (C=O) groups is 1. The van der Waals surface area contributed by atoms with E-state index in [1.165, 1.54) is 0 Å². The maximum Gasteiger partial charge on any atom is 0.255 e. The molecule has 5 rings (SSSR count). The Morgan fingerprint density at radius 2 is 1.41 bits per heavy atom. The molecule has 0 saturated carbocycles. The van der Waals surface area contributed by atoms with Crippen LogP contribution in [0.25, 0.3) is 5.82 Å². The highest BCUT2D eigenvalue weighted by Crippen LogP contribution is 2.23. The number of rotatable bonds is 7. The quantitative estimate of drug-likeness (QED) is 0.353. The van der Waals surface area contributed by atoms with Gasteiger partial charge in [0, 0.05) is 29.7 Å². The number of aromatic nitrogens is 4. The van der Waals surface area contributed by atoms with E-state index in [1.807, 2.05) is 36.4 Å². The van der Waals surface area contributed by atoms with Crippen molar-refractivity contribution in [2.24, 2.45) is 0 Å². The lowest BCUT2D eigenvalue weighted by molar-refractivity contribution is 0.102. The second-order valence-electron chi connectivity index (χ2n) is 7.20. The zero-order chi connectivity index (χ0) is 23.2. The SMILES string of the molecule is O=C(Nc1ccc(Oc2ccc(-n3cccn3)nn2)cc1)c1ccc(Oc2ccccc2)cc1. The number of nitrogens with one attached hydrogen (secondary N) is 1. The van der Waals surface area contributed by atoms with Gasteiger partial charge in [-0.25, -0.2) is 4.68 Å². The first-order valence-corrected chi connectivity index (χ1v) is 10.5. The average Bonchev–Trinajstić information content (AvgIpc) is 3.42. The Balaban J connectivity index is 1.17. The van der Waals surface area contributed by atoms with E-state index in [0.717, 1.165) is 5.75 Å². The summed E-state index contributed by atoms with van der Waals surface area (Å²) in [5.74, 6) is 2.69. The van der Waals surface area contributed by atoms with Crippen LogP contribution in [0.1, 0.15) is 10.4 Å². The van der Waals surface area contributed by atoms with E-state index in [-0.39, 0.29) is 5.91 Å². The molecule has 3 aromatic carbocycles. The van der Waals surface area contributed by atoms with Gasteiger partial charge in [0.25, 0.3) is 5.91 Å². The average molecular weight is 449 g/mol. The number of amides is 1. The summed E-state index contributed by atoms with van der Waals surface area (Å²) >= 11 is 0. The first-order chi connectivity index (χ1) is 16.7. The lowest BCUT2D eigenvalue weighted by atomic mass is 10.2. The van der Waals surface area contributed by atoms with Crippen LogP contribution in [0.3, 0.4) is 0 Å². The van der Waals surface area contributed by atoms with Crippen molar-refractivity contribution in [1.82, 2.24) is 20.0 Å². The standard InChI is InChI=1S/C26H19N5O3/c32-26(19-7-11-22(12-8-19)33-21-5-2-1-3-6-21)28-20-9-13-23(14-10-20)34-25-16-15-24(29-30-25)31-18-4-17-27-31/h1-18H,(H,28,32). The molecule has 1 amide bonds. The number of nitrogens with zero attached hydrogens (tertiary/aromatic N) is 4. The molecule has 8 heteroatoms. The highest BCUT2D eigenvalue weighted by atomic mass is 16.5. The maximum atomic E-state index is 12.6. The minimum Gasteiger partial charge on any atom is -0.457 e. The second kappa shape index (κ2) is 9.66. The van der Waals surface area contributed by atoms with Crippen molar-refractivity contribution in [2.75, 3.05) is 5.32 Å². The van der Waals surface area contributed by atoms with Gasteiger partial charge in [-0.2, -0.15) is 5.10 Å². The molecule has 0 saturated heterocycles. The van der Waals surface area contributed by atoms with E-state index >= 15 is 0 Å². The summed E-state index contributed by atoms with van der Waals surface area (Å²) in [7, 11) is 0. The van der Waals surface area contributed by atoms with Crippen LogP contribution < -0.4 is 14.8 Å². The maximum absolute atomic E-state index is 12.6. The van der Waals surface area contributed by atoms with E-state index < -0.39 is 0 Å². The van der Waals surface area contributed by atoms with Crippen molar-refractivity contribution in [3.8, 4) is 28.9 Å². The van der Waals surface area contributed by atoms with Crippen LogP contribution in [0.15, 0.2) is 109 Å². The summed E-state index contributed by atoms with van der Waals surface area (Å²) in [6.07, 6.45) is 3.45. The molecule has 0 aliphatic heterocycles. The summed E-state index contributed by atoms with van der Waals surface area (Å²) in [6.45, 7) is 0. The Hall–Kier alpha value is -4.98. The van der Waals surface area contributed by atoms with Gasteiger partial charge in [-0.15, -0.1) is 10.2 Å². The highest BCUT2D eigenvalue weighted by molar-refractivity contribution is 6.04. The number of carbonyl (C=O) groups excluding carboxylic acids is 1. The summed E-state index contributed by atoms with van der Waals surface area (Å²) in [6, 6.07) is 28.7. The summed E-state index contributed by atoms with van der Waals surface area (Å²) in [5.41, 5.74) is 1.16. The molecular formula is C26H19N5O3. The molecule has 0 aliphatic rings. The fourth-order valence-electron chi connectivity index (χ4n) is 3.12. The van der Waals surface area contributed by atoms with Crippen molar-refractivity contribution in [1.29, 1.82) is 0 Å². The van der Waals surface area contributed by atoms with Crippen LogP contribution in [-0.2, 0) is 0 Å². The van der Waals surface area contributed by atoms with Gasteiger partial charge in [0.05, 0.1) is 0 Å². The molecule has 0 radical (unpaired) electrons. The number of ether oxygens (including phenoxy) is 2. The summed E-state index contributed by atoms with van der Waals surface area (Å²) < 4.78 is 13.1. The van der Waals surface area contributed by atoms with Gasteiger partial charge in [0.1, 0.15) is 17.2 Å². The van der Waals surface area contributed by atoms with E-state index in [4.69, 9.17) is 9.47 Å². The first-order valence-electron chi connectivity index (χ1n) is 10.5. The lowest BCUT2D eigenvalue weighted by Crippen LogP contribution is -2.11. The van der Waals surface area contributed by atoms with Gasteiger partial charge < -0.3 is 14.8 Å². The molecule has 8 nitrogen and oxygen atoms in total. The monoisotopic (exact) mass is 449 g/mol. The van der Waals surface area contributed by atoms with Crippen LogP contribution in [0.4, 0.5) is 5.69 Å². The summed E-state index contributed by atoms with van der Waals surface area (Å²) in [5, 5.41) is 15.1. The molecule has 34 heavy (non-hydrogen) atoms. The molecule has 0 aliphatic carbocycles. The first kappa shape index (κ1) is 20.9. The third-order valence-corrected chi connectivity index (χ3v) is 4.80. The van der Waals surface area contributed by atoms with Gasteiger partial charge >= 0.3 is 0 Å². The predicted molar refractivity (Wildman–Crippen MR) is 127 cm³/mol. The molecule has 0 bridgehead atoms. The molecule has 0 atom stereocenters. The lowest BCUT2D eigenvalue weighted by Gasteiger charge is -2.09. The van der Waals surface area contributed by atoms with Crippen LogP contribution >= 0.6 is 0 Å². The van der Waals surface area contributed by atoms with Crippen molar-refractivity contribution in [3.05, 3.63) is 115 Å². The number of benzene rings is 3. The van der Waals surface area contributed by atoms with Gasteiger partial charge in [0.15, 0.2) is 5.82 Å². The van der Waals surface area contributed by atoms with Crippen molar-refractivity contribution in [2.45, 2.75) is 0 Å². The highest BCUT2D eigenvalue weighted by Gasteiger charge is 2.08. The molecule has 2 heterocycles. The van der Waals surface area contributed by atoms with Crippen LogP contribution in [0, 0.1) is 0 Å². The van der Waals surface area contributed by atoms with Gasteiger partial charge in [-0.1, -0.05) is 18.2 Å². The van der Waals surface area contributed by atoms with Crippen molar-refractivity contribution < 1.29 is 14.3 Å². The minimum absolute atomic E-state index is 0.222. The Labute approximate surface area is 195 Å². The molecule has 0 fully saturated rings. The topological polar surface area (TPSA) is 91.2 Å². The zero-order valence-electron chi connectivity index (χ0n) is 17.9. The molecule has 5 aromatic rings. The molecule has 0 unspecified atom stereocenters. The fourth-order valence-corrected chi connectivity index (χ4v) is 3.12. The third kappa shape index (κ3) is 5.08. The molecule has 166 valence electrons. The Morgan fingerprint density at radius 1 is 0.706 bits per heavy atom. The third-order valence-electron chi connectivity index (χ3n) is 4.80. The number of para-hydroxylation sites is 1. The number of hydrogen-bond acceptors (Lipinski definition) is 6.